The van der Waals surface area contributed by atoms with E-state index in [1.807, 2.05) is 6.92 Å². The van der Waals surface area contributed by atoms with E-state index in [0.29, 0.717) is 16.1 Å². The molecule has 0 fully saturated rings. The average Bonchev–Trinajstić information content (AvgIpc) is 2.74. The van der Waals surface area contributed by atoms with E-state index in [2.05, 4.69) is 12.2 Å². The quantitative estimate of drug-likeness (QED) is 0.794. The Bertz CT molecular complexity index is 705. The van der Waals surface area contributed by atoms with Crippen LogP contribution in [0.2, 0.25) is 5.02 Å². The van der Waals surface area contributed by atoms with Crippen molar-refractivity contribution in [2.75, 3.05) is 0 Å². The number of unbranched alkanes of at least 4 members (excludes halogenated alkanes) is 2. The van der Waals surface area contributed by atoms with Crippen LogP contribution in [-0.4, -0.2) is 16.5 Å². The molecule has 1 aromatic carbocycles. The van der Waals surface area contributed by atoms with Crippen molar-refractivity contribution in [1.29, 1.82) is 0 Å². The molecule has 1 heterocycles. The number of oxazole rings is 1. The number of amides is 1. The van der Waals surface area contributed by atoms with Gasteiger partial charge in [-0.2, -0.15) is 0 Å². The van der Waals surface area contributed by atoms with Crippen molar-refractivity contribution in [1.82, 2.24) is 9.88 Å². The molecule has 2 aromatic rings. The fraction of sp³-hybridized carbons (Fsp3) is 0.500. The molecule has 1 aromatic heterocycles. The van der Waals surface area contributed by atoms with Crippen LogP contribution in [0.25, 0.3) is 11.1 Å². The van der Waals surface area contributed by atoms with Crippen LogP contribution in [0.15, 0.2) is 27.4 Å². The second kappa shape index (κ2) is 7.49. The molecular formula is C16H21ClN2O3. The first-order valence-electron chi connectivity index (χ1n) is 7.59. The van der Waals surface area contributed by atoms with Gasteiger partial charge in [-0.15, -0.1) is 0 Å². The Morgan fingerprint density at radius 3 is 2.91 bits per heavy atom. The summed E-state index contributed by atoms with van der Waals surface area (Å²) in [6.45, 7) is 4.07. The van der Waals surface area contributed by atoms with E-state index in [0.717, 1.165) is 25.7 Å². The fourth-order valence-corrected chi connectivity index (χ4v) is 2.59. The zero-order valence-electron chi connectivity index (χ0n) is 12.9. The van der Waals surface area contributed by atoms with Gasteiger partial charge in [-0.25, -0.2) is 4.79 Å². The summed E-state index contributed by atoms with van der Waals surface area (Å²) in [6.07, 6.45) is 4.34. The summed E-state index contributed by atoms with van der Waals surface area (Å²) >= 11 is 5.86. The van der Waals surface area contributed by atoms with Gasteiger partial charge < -0.3 is 9.73 Å². The number of hydrogen-bond acceptors (Lipinski definition) is 3. The first-order valence-corrected chi connectivity index (χ1v) is 7.97. The van der Waals surface area contributed by atoms with Gasteiger partial charge in [0.15, 0.2) is 5.58 Å². The molecule has 0 aliphatic rings. The molecule has 0 spiro atoms. The van der Waals surface area contributed by atoms with E-state index in [1.165, 1.54) is 4.57 Å². The summed E-state index contributed by atoms with van der Waals surface area (Å²) in [5.74, 6) is -0.741. The fourth-order valence-electron chi connectivity index (χ4n) is 2.43. The van der Waals surface area contributed by atoms with E-state index >= 15 is 0 Å². The third-order valence-corrected chi connectivity index (χ3v) is 3.82. The highest BCUT2D eigenvalue weighted by Gasteiger charge is 2.14. The van der Waals surface area contributed by atoms with Crippen molar-refractivity contribution in [3.05, 3.63) is 33.8 Å². The van der Waals surface area contributed by atoms with Gasteiger partial charge in [-0.1, -0.05) is 37.8 Å². The molecule has 2 rings (SSSR count). The molecule has 1 amide bonds. The van der Waals surface area contributed by atoms with Gasteiger partial charge in [-0.3, -0.25) is 9.36 Å². The van der Waals surface area contributed by atoms with Gasteiger partial charge in [0.2, 0.25) is 5.91 Å². The van der Waals surface area contributed by atoms with E-state index in [1.54, 1.807) is 18.2 Å². The van der Waals surface area contributed by atoms with E-state index < -0.39 is 5.76 Å². The molecule has 5 nitrogen and oxygen atoms in total. The summed E-state index contributed by atoms with van der Waals surface area (Å²) in [5, 5.41) is 3.40. The van der Waals surface area contributed by atoms with Gasteiger partial charge >= 0.3 is 5.76 Å². The molecule has 120 valence electrons. The molecule has 1 N–H and O–H groups in total. The maximum absolute atomic E-state index is 12.1. The smallest absolute Gasteiger partial charge is 0.408 e. The van der Waals surface area contributed by atoms with Crippen LogP contribution in [0.5, 0.6) is 0 Å². The molecule has 6 heteroatoms. The molecule has 0 aliphatic heterocycles. The molecule has 0 bridgehead atoms. The Morgan fingerprint density at radius 2 is 2.18 bits per heavy atom. The van der Waals surface area contributed by atoms with Crippen molar-refractivity contribution in [3.8, 4) is 0 Å². The van der Waals surface area contributed by atoms with Gasteiger partial charge in [0.25, 0.3) is 0 Å². The number of aromatic nitrogens is 1. The standard InChI is InChI=1S/C16H21ClN2O3/c1-3-4-5-6-11(2)18-15(20)10-19-13-8-7-12(17)9-14(13)22-16(19)21/h7-9,11H,3-6,10H2,1-2H3,(H,18,20)/t11-/m1/s1. The lowest BCUT2D eigenvalue weighted by Gasteiger charge is -2.13. The van der Waals surface area contributed by atoms with Gasteiger partial charge in [0, 0.05) is 17.1 Å². The third kappa shape index (κ3) is 4.13. The molecule has 0 saturated carbocycles. The number of benzene rings is 1. The lowest BCUT2D eigenvalue weighted by Crippen LogP contribution is -2.36. The van der Waals surface area contributed by atoms with Crippen LogP contribution < -0.4 is 11.1 Å². The van der Waals surface area contributed by atoms with E-state index in [-0.39, 0.29) is 18.5 Å². The van der Waals surface area contributed by atoms with E-state index in [4.69, 9.17) is 16.0 Å². The highest BCUT2D eigenvalue weighted by atomic mass is 35.5. The molecule has 0 radical (unpaired) electrons. The largest absolute Gasteiger partial charge is 0.420 e. The molecular weight excluding hydrogens is 304 g/mol. The van der Waals surface area contributed by atoms with Crippen molar-refractivity contribution in [3.63, 3.8) is 0 Å². The van der Waals surface area contributed by atoms with Gasteiger partial charge in [-0.05, 0) is 25.5 Å². The van der Waals surface area contributed by atoms with Crippen LogP contribution in [-0.2, 0) is 11.3 Å². The zero-order chi connectivity index (χ0) is 16.1. The van der Waals surface area contributed by atoms with Crippen molar-refractivity contribution in [2.45, 2.75) is 52.1 Å². The zero-order valence-corrected chi connectivity index (χ0v) is 13.7. The summed E-state index contributed by atoms with van der Waals surface area (Å²) in [6, 6.07) is 5.02. The second-order valence-electron chi connectivity index (χ2n) is 5.53. The highest BCUT2D eigenvalue weighted by Crippen LogP contribution is 2.18. The Balaban J connectivity index is 2.03. The maximum Gasteiger partial charge on any atom is 0.420 e. The number of fused-ring (bicyclic) bond motifs is 1. The number of nitrogens with one attached hydrogen (secondary N) is 1. The maximum atomic E-state index is 12.1. The Morgan fingerprint density at radius 1 is 1.41 bits per heavy atom. The lowest BCUT2D eigenvalue weighted by molar-refractivity contribution is -0.122. The van der Waals surface area contributed by atoms with Crippen molar-refractivity contribution in [2.24, 2.45) is 0 Å². The number of rotatable bonds is 7. The Hall–Kier alpha value is -1.75. The molecule has 1 atom stereocenters. The molecule has 0 unspecified atom stereocenters. The Labute approximate surface area is 134 Å². The molecule has 0 aliphatic carbocycles. The summed E-state index contributed by atoms with van der Waals surface area (Å²) in [5.41, 5.74) is 0.962. The van der Waals surface area contributed by atoms with Crippen LogP contribution in [0.1, 0.15) is 39.5 Å². The highest BCUT2D eigenvalue weighted by molar-refractivity contribution is 6.31. The van der Waals surface area contributed by atoms with E-state index in [9.17, 15) is 9.59 Å². The number of halogens is 1. The number of hydrogen-bond donors (Lipinski definition) is 1. The van der Waals surface area contributed by atoms with Crippen LogP contribution in [0.3, 0.4) is 0 Å². The first-order chi connectivity index (χ1) is 10.5. The summed E-state index contributed by atoms with van der Waals surface area (Å²) in [7, 11) is 0. The number of carbonyl (C=O) groups excluding carboxylic acids is 1. The monoisotopic (exact) mass is 324 g/mol. The number of nitrogens with zero attached hydrogens (tertiary/aromatic N) is 1. The lowest BCUT2D eigenvalue weighted by atomic mass is 10.1. The minimum atomic E-state index is -0.550. The van der Waals surface area contributed by atoms with Crippen LogP contribution >= 0.6 is 11.6 Å². The minimum Gasteiger partial charge on any atom is -0.408 e. The predicted molar refractivity (Wildman–Crippen MR) is 87.2 cm³/mol. The Kier molecular flexibility index (Phi) is 5.66. The number of carbonyl (C=O) groups is 1. The third-order valence-electron chi connectivity index (χ3n) is 3.58. The predicted octanol–water partition coefficient (Wildman–Crippen LogP) is 3.33. The minimum absolute atomic E-state index is 0.0500. The van der Waals surface area contributed by atoms with Gasteiger partial charge in [0.1, 0.15) is 6.54 Å². The topological polar surface area (TPSA) is 64.2 Å². The average molecular weight is 325 g/mol. The van der Waals surface area contributed by atoms with Crippen molar-refractivity contribution >= 4 is 28.6 Å². The van der Waals surface area contributed by atoms with Crippen molar-refractivity contribution < 1.29 is 9.21 Å². The van der Waals surface area contributed by atoms with Crippen LogP contribution in [0, 0.1) is 0 Å². The summed E-state index contributed by atoms with van der Waals surface area (Å²) < 4.78 is 6.43. The second-order valence-corrected chi connectivity index (χ2v) is 5.97. The molecule has 0 saturated heterocycles. The summed E-state index contributed by atoms with van der Waals surface area (Å²) in [4.78, 5) is 23.9. The first kappa shape index (κ1) is 16.6. The molecule has 22 heavy (non-hydrogen) atoms. The van der Waals surface area contributed by atoms with Gasteiger partial charge in [0.05, 0.1) is 5.52 Å². The SMILES string of the molecule is CCCCC[C@@H](C)NC(=O)Cn1c(=O)oc2cc(Cl)ccc21. The van der Waals surface area contributed by atoms with Crippen LogP contribution in [0.4, 0.5) is 0 Å². The normalized spacial score (nSPS) is 12.5.